The molecule has 2 saturated carbocycles. The van der Waals surface area contributed by atoms with E-state index in [9.17, 15) is 9.59 Å². The predicted molar refractivity (Wildman–Crippen MR) is 172 cm³/mol. The molecule has 0 radical (unpaired) electrons. The topological polar surface area (TPSA) is 40.6 Å². The molecule has 2 fully saturated rings. The summed E-state index contributed by atoms with van der Waals surface area (Å²) >= 11 is 0. The molecule has 4 nitrogen and oxygen atoms in total. The van der Waals surface area contributed by atoms with Gasteiger partial charge in [0.05, 0.1) is 11.1 Å². The van der Waals surface area contributed by atoms with E-state index in [1.807, 2.05) is 13.8 Å². The third-order valence-electron chi connectivity index (χ3n) is 10.8. The smallest absolute Gasteiger partial charge is 0.265 e. The lowest BCUT2D eigenvalue weighted by atomic mass is 9.77. The van der Waals surface area contributed by atoms with E-state index in [1.54, 1.807) is 9.80 Å². The number of unbranched alkanes of at least 4 members (excludes halogenated alkanes) is 2. The molecule has 0 spiro atoms. The van der Waals surface area contributed by atoms with Crippen molar-refractivity contribution < 1.29 is 9.59 Å². The summed E-state index contributed by atoms with van der Waals surface area (Å²) in [7, 11) is 0. The van der Waals surface area contributed by atoms with Crippen molar-refractivity contribution in [2.45, 2.75) is 117 Å². The number of rotatable bonds is 8. The lowest BCUT2D eigenvalue weighted by Crippen LogP contribution is -2.29. The van der Waals surface area contributed by atoms with Gasteiger partial charge in [-0.1, -0.05) is 76.6 Å². The van der Waals surface area contributed by atoms with Crippen molar-refractivity contribution in [3.05, 3.63) is 82.2 Å². The Hall–Kier alpha value is -3.14. The first-order valence-corrected chi connectivity index (χ1v) is 16.7. The van der Waals surface area contributed by atoms with Gasteiger partial charge in [-0.15, -0.1) is 0 Å². The van der Waals surface area contributed by atoms with E-state index in [0.717, 1.165) is 34.6 Å². The lowest BCUT2D eigenvalue weighted by Gasteiger charge is -2.29. The highest BCUT2D eigenvalue weighted by molar-refractivity contribution is 6.30. The zero-order chi connectivity index (χ0) is 29.4. The van der Waals surface area contributed by atoms with Crippen LogP contribution in [0.15, 0.2) is 71.1 Å². The maximum Gasteiger partial charge on any atom is 0.265 e. The number of carbonyl (C=O) groups excluding carboxylic acids is 2. The Bertz CT molecular complexity index is 1370. The molecule has 2 aliphatic carbocycles. The summed E-state index contributed by atoms with van der Waals surface area (Å²) in [5.41, 5.74) is 7.00. The van der Waals surface area contributed by atoms with Crippen molar-refractivity contribution >= 4 is 23.2 Å². The number of nitrogens with zero attached hydrogens (tertiary/aromatic N) is 2. The van der Waals surface area contributed by atoms with Crippen molar-refractivity contribution in [3.63, 3.8) is 0 Å². The summed E-state index contributed by atoms with van der Waals surface area (Å²) in [6.45, 7) is 8.45. The highest BCUT2D eigenvalue weighted by Gasteiger charge is 2.46. The minimum absolute atomic E-state index is 0.0934. The Labute approximate surface area is 252 Å². The minimum Gasteiger partial charge on any atom is -0.280 e. The van der Waals surface area contributed by atoms with Crippen LogP contribution in [0.25, 0.3) is 0 Å². The fourth-order valence-electron chi connectivity index (χ4n) is 8.11. The number of hydrogen-bond donors (Lipinski definition) is 0. The van der Waals surface area contributed by atoms with Crippen molar-refractivity contribution in [2.24, 2.45) is 11.8 Å². The molecule has 4 heteroatoms. The molecule has 4 aliphatic rings. The van der Waals surface area contributed by atoms with Crippen molar-refractivity contribution in [2.75, 3.05) is 9.80 Å². The molecule has 2 amide bonds. The molecule has 2 heterocycles. The van der Waals surface area contributed by atoms with Crippen molar-refractivity contribution in [3.8, 4) is 0 Å². The first-order valence-electron chi connectivity index (χ1n) is 16.7. The van der Waals surface area contributed by atoms with Gasteiger partial charge in [0.2, 0.25) is 0 Å². The van der Waals surface area contributed by atoms with Gasteiger partial charge in [0.15, 0.2) is 0 Å². The second-order valence-corrected chi connectivity index (χ2v) is 13.6. The average Bonchev–Trinajstić information content (AvgIpc) is 3.43. The van der Waals surface area contributed by atoms with Gasteiger partial charge >= 0.3 is 0 Å². The van der Waals surface area contributed by atoms with E-state index in [4.69, 9.17) is 0 Å². The number of hydrogen-bond acceptors (Lipinski definition) is 2. The van der Waals surface area contributed by atoms with Gasteiger partial charge in [-0.3, -0.25) is 19.4 Å². The van der Waals surface area contributed by atoms with Gasteiger partial charge in [0.1, 0.15) is 0 Å². The summed E-state index contributed by atoms with van der Waals surface area (Å²) in [6.07, 6.45) is 15.7. The normalized spacial score (nSPS) is 26.5. The third-order valence-corrected chi connectivity index (χ3v) is 10.8. The van der Waals surface area contributed by atoms with Gasteiger partial charge in [0.25, 0.3) is 11.8 Å². The maximum absolute atomic E-state index is 13.8. The van der Waals surface area contributed by atoms with Gasteiger partial charge < -0.3 is 0 Å². The van der Waals surface area contributed by atoms with E-state index in [2.05, 4.69) is 62.4 Å². The maximum atomic E-state index is 13.8. The number of carbonyl (C=O) groups is 2. The standard InChI is InChI=1S/C38H48N2O2/c1-5-6-7-8-28-11-15-30(16-12-28)32-19-23-34(24-20-32)40-27(4)36-35(38(40)42)26(3)39(37(36)41)33-21-17-31(18-22-33)29-13-9-25(2)10-14-29/h17-25,28-30H,5-16H2,1-4H3. The number of amides is 2. The Morgan fingerprint density at radius 3 is 1.48 bits per heavy atom. The molecular formula is C38H48N2O2. The molecule has 0 aromatic heterocycles. The van der Waals surface area contributed by atoms with E-state index < -0.39 is 0 Å². The highest BCUT2D eigenvalue weighted by Crippen LogP contribution is 2.44. The largest absolute Gasteiger partial charge is 0.280 e. The molecule has 6 rings (SSSR count). The summed E-state index contributed by atoms with van der Waals surface area (Å²) in [5, 5.41) is 0. The third kappa shape index (κ3) is 5.38. The zero-order valence-corrected chi connectivity index (χ0v) is 26.1. The second-order valence-electron chi connectivity index (χ2n) is 13.6. The molecule has 0 atom stereocenters. The molecule has 0 saturated heterocycles. The van der Waals surface area contributed by atoms with Crippen LogP contribution in [-0.4, -0.2) is 11.8 Å². The van der Waals surface area contributed by atoms with Crippen LogP contribution in [0, 0.1) is 11.8 Å². The fraction of sp³-hybridized carbons (Fsp3) is 0.526. The Balaban J connectivity index is 1.14. The Morgan fingerprint density at radius 1 is 0.619 bits per heavy atom. The van der Waals surface area contributed by atoms with E-state index in [1.165, 1.54) is 88.2 Å². The van der Waals surface area contributed by atoms with Crippen LogP contribution < -0.4 is 9.80 Å². The van der Waals surface area contributed by atoms with E-state index >= 15 is 0 Å². The number of benzene rings is 2. The molecule has 42 heavy (non-hydrogen) atoms. The second kappa shape index (κ2) is 12.2. The first kappa shape index (κ1) is 29.0. The number of anilines is 2. The molecule has 0 unspecified atom stereocenters. The number of fused-ring (bicyclic) bond motifs is 1. The molecule has 0 bridgehead atoms. The Morgan fingerprint density at radius 2 is 1.05 bits per heavy atom. The first-order chi connectivity index (χ1) is 20.4. The van der Waals surface area contributed by atoms with Gasteiger partial charge in [0, 0.05) is 22.8 Å². The Kier molecular flexibility index (Phi) is 8.43. The summed E-state index contributed by atoms with van der Waals surface area (Å²) in [6, 6.07) is 17.1. The molecule has 2 aromatic carbocycles. The van der Waals surface area contributed by atoms with Gasteiger partial charge in [-0.25, -0.2) is 0 Å². The monoisotopic (exact) mass is 564 g/mol. The van der Waals surface area contributed by atoms with E-state index in [0.29, 0.717) is 23.0 Å². The highest BCUT2D eigenvalue weighted by atomic mass is 16.2. The van der Waals surface area contributed by atoms with Gasteiger partial charge in [-0.2, -0.15) is 0 Å². The van der Waals surface area contributed by atoms with Crippen LogP contribution in [0.4, 0.5) is 11.4 Å². The molecule has 222 valence electrons. The van der Waals surface area contributed by atoms with Crippen LogP contribution in [-0.2, 0) is 9.59 Å². The van der Waals surface area contributed by atoms with Crippen LogP contribution >= 0.6 is 0 Å². The van der Waals surface area contributed by atoms with Crippen LogP contribution in [0.2, 0.25) is 0 Å². The molecule has 0 N–H and O–H groups in total. The van der Waals surface area contributed by atoms with Crippen molar-refractivity contribution in [1.29, 1.82) is 0 Å². The summed E-state index contributed by atoms with van der Waals surface area (Å²) in [4.78, 5) is 31.0. The molecule has 2 aromatic rings. The van der Waals surface area contributed by atoms with Crippen LogP contribution in [0.5, 0.6) is 0 Å². The molecular weight excluding hydrogens is 516 g/mol. The van der Waals surface area contributed by atoms with E-state index in [-0.39, 0.29) is 11.8 Å². The number of allylic oxidation sites excluding steroid dienone is 2. The molecule has 2 aliphatic heterocycles. The van der Waals surface area contributed by atoms with Crippen LogP contribution in [0.1, 0.15) is 128 Å². The summed E-state index contributed by atoms with van der Waals surface area (Å²) in [5.74, 6) is 2.76. The summed E-state index contributed by atoms with van der Waals surface area (Å²) < 4.78 is 0. The zero-order valence-electron chi connectivity index (χ0n) is 26.1. The quantitative estimate of drug-likeness (QED) is 0.299. The van der Waals surface area contributed by atoms with Gasteiger partial charge in [-0.05, 0) is 111 Å². The average molecular weight is 565 g/mol. The SMILES string of the molecule is CCCCCC1CCC(c2ccc(N3C(=O)C4=C(C)N(c5ccc(C6CCC(C)CC6)cc5)C(=O)C4=C3C)cc2)CC1. The van der Waals surface area contributed by atoms with Crippen LogP contribution in [0.3, 0.4) is 0 Å². The van der Waals surface area contributed by atoms with Crippen molar-refractivity contribution in [1.82, 2.24) is 0 Å². The fourth-order valence-corrected chi connectivity index (χ4v) is 8.11. The predicted octanol–water partition coefficient (Wildman–Crippen LogP) is 9.78. The minimum atomic E-state index is -0.0950. The lowest BCUT2D eigenvalue weighted by molar-refractivity contribution is -0.115.